The molecule has 3 aromatic heterocycles. The summed E-state index contributed by atoms with van der Waals surface area (Å²) in [6.45, 7) is 0. The highest BCUT2D eigenvalue weighted by Gasteiger charge is 2.17. The molecule has 1 aliphatic carbocycles. The van der Waals surface area contributed by atoms with Gasteiger partial charge >= 0.3 is 0 Å². The van der Waals surface area contributed by atoms with Gasteiger partial charge in [0.2, 0.25) is 0 Å². The SMILES string of the molecule is C1=CC=CC=1c1c2nc(c(-c3ccccc3)c3ccc(cc4nc(c(-c5ccccc5)c5ccc1[nH]5)C=C4)[nH]3)C=C2. The number of hydrogen-bond donors (Lipinski definition) is 2. The molecule has 0 amide bonds. The first-order valence-corrected chi connectivity index (χ1v) is 13.7. The number of nitrogens with one attached hydrogen (secondary N) is 2. The van der Waals surface area contributed by atoms with Crippen LogP contribution in [0.1, 0.15) is 28.3 Å². The molecule has 2 aromatic carbocycles. The fraction of sp³-hybridized carbons (Fsp3) is 0. The second-order valence-electron chi connectivity index (χ2n) is 10.2. The molecule has 192 valence electrons. The molecular weight excluding hydrogens is 500 g/mol. The molecule has 0 saturated carbocycles. The van der Waals surface area contributed by atoms with Gasteiger partial charge in [-0.15, -0.1) is 5.73 Å². The summed E-state index contributed by atoms with van der Waals surface area (Å²) in [5.41, 5.74) is 17.3. The Bertz CT molecular complexity index is 2130. The van der Waals surface area contributed by atoms with Gasteiger partial charge in [-0.2, -0.15) is 0 Å². The number of rotatable bonds is 3. The van der Waals surface area contributed by atoms with Gasteiger partial charge in [-0.3, -0.25) is 0 Å². The fourth-order valence-electron chi connectivity index (χ4n) is 5.73. The predicted octanol–water partition coefficient (Wildman–Crippen LogP) is 9.10. The first-order valence-electron chi connectivity index (χ1n) is 13.7. The Balaban J connectivity index is 1.54. The molecule has 3 aliphatic rings. The largest absolute Gasteiger partial charge is 0.355 e. The van der Waals surface area contributed by atoms with Crippen molar-refractivity contribution >= 4 is 51.9 Å². The van der Waals surface area contributed by atoms with E-state index >= 15 is 0 Å². The molecule has 0 saturated heterocycles. The van der Waals surface area contributed by atoms with Crippen molar-refractivity contribution in [3.8, 4) is 22.3 Å². The summed E-state index contributed by atoms with van der Waals surface area (Å²) >= 11 is 0. The van der Waals surface area contributed by atoms with Gasteiger partial charge in [-0.25, -0.2) is 9.97 Å². The summed E-state index contributed by atoms with van der Waals surface area (Å²) < 4.78 is 0. The van der Waals surface area contributed by atoms with Crippen molar-refractivity contribution in [3.05, 3.63) is 143 Å². The third-order valence-electron chi connectivity index (χ3n) is 7.57. The van der Waals surface area contributed by atoms with Crippen LogP contribution in [-0.2, 0) is 0 Å². The summed E-state index contributed by atoms with van der Waals surface area (Å²) in [5, 5.41) is 0. The molecular formula is C37H24N4. The van der Waals surface area contributed by atoms with E-state index < -0.39 is 0 Å². The van der Waals surface area contributed by atoms with Crippen LogP contribution in [0.25, 0.3) is 74.2 Å². The third-order valence-corrected chi connectivity index (χ3v) is 7.57. The Morgan fingerprint density at radius 2 is 1.10 bits per heavy atom. The van der Waals surface area contributed by atoms with Crippen LogP contribution in [0.2, 0.25) is 0 Å². The monoisotopic (exact) mass is 524 g/mol. The number of nitrogens with zero attached hydrogens (tertiary/aromatic N) is 2. The van der Waals surface area contributed by atoms with Gasteiger partial charge in [0.1, 0.15) is 0 Å². The Labute approximate surface area is 237 Å². The number of aromatic nitrogens is 4. The van der Waals surface area contributed by atoms with Crippen molar-refractivity contribution in [2.45, 2.75) is 0 Å². The number of allylic oxidation sites excluding steroid dienone is 3. The summed E-state index contributed by atoms with van der Waals surface area (Å²) in [6, 6.07) is 31.4. The van der Waals surface area contributed by atoms with Crippen LogP contribution < -0.4 is 0 Å². The average Bonchev–Trinajstić information content (AvgIpc) is 3.84. The molecule has 4 heteroatoms. The van der Waals surface area contributed by atoms with E-state index in [1.165, 1.54) is 0 Å². The minimum atomic E-state index is 0.893. The van der Waals surface area contributed by atoms with Crippen molar-refractivity contribution in [1.82, 2.24) is 19.9 Å². The van der Waals surface area contributed by atoms with E-state index in [0.29, 0.717) is 0 Å². The lowest BCUT2D eigenvalue weighted by molar-refractivity contribution is 1.30. The Hall–Kier alpha value is -5.70. The zero-order chi connectivity index (χ0) is 27.2. The minimum absolute atomic E-state index is 0.893. The van der Waals surface area contributed by atoms with Gasteiger partial charge in [0, 0.05) is 44.3 Å². The summed E-state index contributed by atoms with van der Waals surface area (Å²) in [5.74, 6) is 0. The Kier molecular flexibility index (Phi) is 5.37. The normalized spacial score (nSPS) is 13.2. The van der Waals surface area contributed by atoms with Gasteiger partial charge < -0.3 is 9.97 Å². The quantitative estimate of drug-likeness (QED) is 0.227. The second kappa shape index (κ2) is 9.49. The number of H-pyrrole nitrogens is 2. The van der Waals surface area contributed by atoms with Crippen LogP contribution in [0, 0.1) is 0 Å². The minimum Gasteiger partial charge on any atom is -0.355 e. The summed E-state index contributed by atoms with van der Waals surface area (Å²) in [4.78, 5) is 17.6. The van der Waals surface area contributed by atoms with Crippen molar-refractivity contribution in [2.75, 3.05) is 0 Å². The molecule has 8 rings (SSSR count). The van der Waals surface area contributed by atoms with Crippen molar-refractivity contribution in [1.29, 1.82) is 0 Å². The first kappa shape index (κ1) is 23.2. The third kappa shape index (κ3) is 4.11. The van der Waals surface area contributed by atoms with Crippen LogP contribution >= 0.6 is 0 Å². The molecule has 0 fully saturated rings. The lowest BCUT2D eigenvalue weighted by Crippen LogP contribution is -1.89. The van der Waals surface area contributed by atoms with Gasteiger partial charge in [-0.1, -0.05) is 66.7 Å². The molecule has 0 atom stereocenters. The van der Waals surface area contributed by atoms with Crippen molar-refractivity contribution in [2.24, 2.45) is 0 Å². The zero-order valence-corrected chi connectivity index (χ0v) is 22.1. The number of fused-ring (bicyclic) bond motifs is 8. The number of hydrogen-bond acceptors (Lipinski definition) is 2. The van der Waals surface area contributed by atoms with Crippen LogP contribution in [0.15, 0.2) is 115 Å². The molecule has 0 spiro atoms. The number of aromatic amines is 2. The summed E-state index contributed by atoms with van der Waals surface area (Å²) in [7, 11) is 0. The van der Waals surface area contributed by atoms with Gasteiger partial charge in [0.25, 0.3) is 0 Å². The van der Waals surface area contributed by atoms with Crippen LogP contribution in [0.5, 0.6) is 0 Å². The van der Waals surface area contributed by atoms with Crippen LogP contribution in [0.4, 0.5) is 0 Å². The smallest absolute Gasteiger partial charge is 0.0743 e. The van der Waals surface area contributed by atoms with Gasteiger partial charge in [0.05, 0.1) is 22.8 Å². The molecule has 0 unspecified atom stereocenters. The second-order valence-corrected chi connectivity index (χ2v) is 10.2. The van der Waals surface area contributed by atoms with E-state index in [-0.39, 0.29) is 0 Å². The van der Waals surface area contributed by atoms with Gasteiger partial charge in [0.15, 0.2) is 0 Å². The molecule has 4 nitrogen and oxygen atoms in total. The van der Waals surface area contributed by atoms with E-state index in [9.17, 15) is 0 Å². The van der Waals surface area contributed by atoms with Crippen molar-refractivity contribution < 1.29 is 0 Å². The van der Waals surface area contributed by atoms with Gasteiger partial charge in [-0.05, 0) is 77.9 Å². The maximum atomic E-state index is 5.23. The van der Waals surface area contributed by atoms with Crippen LogP contribution in [-0.4, -0.2) is 19.9 Å². The van der Waals surface area contributed by atoms with E-state index in [4.69, 9.17) is 9.97 Å². The van der Waals surface area contributed by atoms with Crippen LogP contribution in [0.3, 0.4) is 0 Å². The topological polar surface area (TPSA) is 57.4 Å². The lowest BCUT2D eigenvalue weighted by atomic mass is 10.0. The van der Waals surface area contributed by atoms with E-state index in [0.717, 1.165) is 78.2 Å². The molecule has 5 heterocycles. The molecule has 41 heavy (non-hydrogen) atoms. The van der Waals surface area contributed by atoms with E-state index in [1.54, 1.807) is 0 Å². The zero-order valence-electron chi connectivity index (χ0n) is 22.1. The molecule has 8 bridgehead atoms. The van der Waals surface area contributed by atoms with E-state index in [2.05, 4.69) is 125 Å². The highest BCUT2D eigenvalue weighted by atomic mass is 14.8. The predicted molar refractivity (Wildman–Crippen MR) is 170 cm³/mol. The molecule has 2 N–H and O–H groups in total. The fourth-order valence-corrected chi connectivity index (χ4v) is 5.73. The Morgan fingerprint density at radius 3 is 1.78 bits per heavy atom. The maximum Gasteiger partial charge on any atom is 0.0743 e. The lowest BCUT2D eigenvalue weighted by Gasteiger charge is -2.05. The van der Waals surface area contributed by atoms with Crippen molar-refractivity contribution in [3.63, 3.8) is 0 Å². The Morgan fingerprint density at radius 1 is 0.512 bits per heavy atom. The summed E-state index contributed by atoms with van der Waals surface area (Å²) in [6.07, 6.45) is 14.4. The number of benzene rings is 2. The highest BCUT2D eigenvalue weighted by molar-refractivity contribution is 5.97. The standard InChI is InChI=1S/C37H24N4/c1-3-9-24(10-4-1)35-29-17-15-27(38-29)23-28-16-18-30(39-28)36(25-11-5-2-6-12-25)32-20-22-34(41-32)37(26-13-7-8-14-26)33-21-19-31(35)40-33/h1-13,15-23,38,41H. The molecule has 2 aliphatic heterocycles. The highest BCUT2D eigenvalue weighted by Crippen LogP contribution is 2.35. The molecule has 0 radical (unpaired) electrons. The average molecular weight is 525 g/mol. The van der Waals surface area contributed by atoms with E-state index in [1.807, 2.05) is 24.3 Å². The first-order chi connectivity index (χ1) is 20.3. The maximum absolute atomic E-state index is 5.23. The molecule has 5 aromatic rings.